The summed E-state index contributed by atoms with van der Waals surface area (Å²) in [5.41, 5.74) is 1.72. The summed E-state index contributed by atoms with van der Waals surface area (Å²) in [5, 5.41) is 1.04. The van der Waals surface area contributed by atoms with Crippen LogP contribution in [0.5, 0.6) is 0 Å². The first kappa shape index (κ1) is 12.2. The Bertz CT molecular complexity index is 615. The summed E-state index contributed by atoms with van der Waals surface area (Å²) in [6.45, 7) is 3.80. The number of nitrogens with zero attached hydrogens (tertiary/aromatic N) is 2. The van der Waals surface area contributed by atoms with Gasteiger partial charge in [-0.3, -0.25) is 4.79 Å². The smallest absolute Gasteiger partial charge is 0.159 e. The van der Waals surface area contributed by atoms with E-state index in [1.165, 1.54) is 19.3 Å². The number of rotatable bonds is 2. The number of anilines is 1. The molecule has 0 N–H and O–H groups in total. The molecule has 0 atom stereocenters. The number of pyridine rings is 1. The largest absolute Gasteiger partial charge is 0.357 e. The Balaban J connectivity index is 1.97. The van der Waals surface area contributed by atoms with Crippen molar-refractivity contribution < 1.29 is 4.79 Å². The Morgan fingerprint density at radius 2 is 1.89 bits per heavy atom. The lowest BCUT2D eigenvalue weighted by Crippen LogP contribution is -2.30. The maximum Gasteiger partial charge on any atom is 0.159 e. The Kier molecular flexibility index (Phi) is 3.20. The van der Waals surface area contributed by atoms with Gasteiger partial charge in [0.2, 0.25) is 0 Å². The predicted molar refractivity (Wildman–Crippen MR) is 77.8 cm³/mol. The molecule has 0 bridgehead atoms. The summed E-state index contributed by atoms with van der Waals surface area (Å²) in [7, 11) is 0. The van der Waals surface area contributed by atoms with Crippen LogP contribution in [0.1, 0.15) is 36.5 Å². The molecule has 1 aliphatic rings. The third-order valence-electron chi connectivity index (χ3n) is 3.76. The fourth-order valence-electron chi connectivity index (χ4n) is 2.63. The lowest BCUT2D eigenvalue weighted by atomic mass is 10.1. The minimum atomic E-state index is 0.0991. The standard InChI is InChI=1S/C16H18N2O/c1-12(19)13-5-7-15-14(11-13)6-8-16(17-15)18-9-3-2-4-10-18/h5-8,11H,2-4,9-10H2,1H3. The molecule has 1 fully saturated rings. The molecule has 1 saturated heterocycles. The molecule has 3 rings (SSSR count). The molecule has 2 heterocycles. The van der Waals surface area contributed by atoms with Crippen molar-refractivity contribution in [2.75, 3.05) is 18.0 Å². The molecule has 1 aromatic heterocycles. The second-order valence-electron chi connectivity index (χ2n) is 5.18. The summed E-state index contributed by atoms with van der Waals surface area (Å²) >= 11 is 0. The van der Waals surface area contributed by atoms with Crippen LogP contribution in [-0.4, -0.2) is 23.9 Å². The second-order valence-corrected chi connectivity index (χ2v) is 5.18. The van der Waals surface area contributed by atoms with Crippen LogP contribution < -0.4 is 4.90 Å². The zero-order chi connectivity index (χ0) is 13.2. The van der Waals surface area contributed by atoms with E-state index in [0.717, 1.165) is 35.4 Å². The van der Waals surface area contributed by atoms with Gasteiger partial charge in [-0.25, -0.2) is 4.98 Å². The van der Waals surface area contributed by atoms with Gasteiger partial charge in [-0.15, -0.1) is 0 Å². The molecule has 0 radical (unpaired) electrons. The van der Waals surface area contributed by atoms with Crippen LogP contribution in [0.3, 0.4) is 0 Å². The quantitative estimate of drug-likeness (QED) is 0.770. The Morgan fingerprint density at radius 3 is 2.63 bits per heavy atom. The molecular formula is C16H18N2O. The molecule has 2 aromatic rings. The van der Waals surface area contributed by atoms with Crippen LogP contribution in [0.2, 0.25) is 0 Å². The highest BCUT2D eigenvalue weighted by molar-refractivity contribution is 5.98. The highest BCUT2D eigenvalue weighted by Gasteiger charge is 2.12. The zero-order valence-electron chi connectivity index (χ0n) is 11.2. The molecule has 0 saturated carbocycles. The molecule has 0 amide bonds. The Labute approximate surface area is 113 Å². The fourth-order valence-corrected chi connectivity index (χ4v) is 2.63. The summed E-state index contributed by atoms with van der Waals surface area (Å²) in [4.78, 5) is 18.4. The third-order valence-corrected chi connectivity index (χ3v) is 3.76. The van der Waals surface area contributed by atoms with Crippen LogP contribution in [0, 0.1) is 0 Å². The number of piperidine rings is 1. The molecule has 0 spiro atoms. The minimum Gasteiger partial charge on any atom is -0.357 e. The maximum absolute atomic E-state index is 11.4. The number of ketones is 1. The number of benzene rings is 1. The number of carbonyl (C=O) groups is 1. The first-order valence-corrected chi connectivity index (χ1v) is 6.91. The molecule has 1 aliphatic heterocycles. The van der Waals surface area contributed by atoms with Crippen molar-refractivity contribution in [2.45, 2.75) is 26.2 Å². The SMILES string of the molecule is CC(=O)c1ccc2nc(N3CCCCC3)ccc2c1. The summed E-state index contributed by atoms with van der Waals surface area (Å²) in [5.74, 6) is 1.16. The highest BCUT2D eigenvalue weighted by atomic mass is 16.1. The van der Waals surface area contributed by atoms with Crippen molar-refractivity contribution in [3.05, 3.63) is 35.9 Å². The van der Waals surface area contributed by atoms with Gasteiger partial charge in [-0.1, -0.05) is 0 Å². The van der Waals surface area contributed by atoms with E-state index in [9.17, 15) is 4.79 Å². The van der Waals surface area contributed by atoms with E-state index in [4.69, 9.17) is 4.98 Å². The second kappa shape index (κ2) is 5.00. The van der Waals surface area contributed by atoms with Crippen LogP contribution in [-0.2, 0) is 0 Å². The topological polar surface area (TPSA) is 33.2 Å². The van der Waals surface area contributed by atoms with E-state index in [2.05, 4.69) is 17.0 Å². The van der Waals surface area contributed by atoms with Gasteiger partial charge in [0.25, 0.3) is 0 Å². The molecule has 0 unspecified atom stereocenters. The predicted octanol–water partition coefficient (Wildman–Crippen LogP) is 3.43. The minimum absolute atomic E-state index is 0.0991. The van der Waals surface area contributed by atoms with E-state index >= 15 is 0 Å². The number of hydrogen-bond acceptors (Lipinski definition) is 3. The number of carbonyl (C=O) groups excluding carboxylic acids is 1. The molecular weight excluding hydrogens is 236 g/mol. The Hall–Kier alpha value is -1.90. The van der Waals surface area contributed by atoms with Crippen molar-refractivity contribution in [2.24, 2.45) is 0 Å². The van der Waals surface area contributed by atoms with E-state index in [1.807, 2.05) is 18.2 Å². The average molecular weight is 254 g/mol. The number of Topliss-reactive ketones (excluding diaryl/α,β-unsaturated/α-hetero) is 1. The normalized spacial score (nSPS) is 15.7. The lowest BCUT2D eigenvalue weighted by Gasteiger charge is -2.27. The fraction of sp³-hybridized carbons (Fsp3) is 0.375. The van der Waals surface area contributed by atoms with E-state index in [1.54, 1.807) is 6.92 Å². The summed E-state index contributed by atoms with van der Waals surface area (Å²) < 4.78 is 0. The van der Waals surface area contributed by atoms with Crippen LogP contribution in [0.4, 0.5) is 5.82 Å². The molecule has 98 valence electrons. The van der Waals surface area contributed by atoms with E-state index < -0.39 is 0 Å². The zero-order valence-corrected chi connectivity index (χ0v) is 11.2. The van der Waals surface area contributed by atoms with Crippen molar-refractivity contribution in [3.63, 3.8) is 0 Å². The number of fused-ring (bicyclic) bond motifs is 1. The van der Waals surface area contributed by atoms with Crippen molar-refractivity contribution in [1.82, 2.24) is 4.98 Å². The highest BCUT2D eigenvalue weighted by Crippen LogP contribution is 2.22. The van der Waals surface area contributed by atoms with Crippen molar-refractivity contribution >= 4 is 22.5 Å². The Morgan fingerprint density at radius 1 is 1.11 bits per heavy atom. The maximum atomic E-state index is 11.4. The monoisotopic (exact) mass is 254 g/mol. The van der Waals surface area contributed by atoms with Crippen LogP contribution >= 0.6 is 0 Å². The molecule has 1 aromatic carbocycles. The average Bonchev–Trinajstić information content (AvgIpc) is 2.47. The van der Waals surface area contributed by atoms with Gasteiger partial charge in [0.1, 0.15) is 5.82 Å². The van der Waals surface area contributed by atoms with Crippen LogP contribution in [0.25, 0.3) is 10.9 Å². The number of aromatic nitrogens is 1. The lowest BCUT2D eigenvalue weighted by molar-refractivity contribution is 0.101. The molecule has 3 heteroatoms. The molecule has 19 heavy (non-hydrogen) atoms. The molecule has 0 aliphatic carbocycles. The van der Waals surface area contributed by atoms with Gasteiger partial charge < -0.3 is 4.90 Å². The van der Waals surface area contributed by atoms with Gasteiger partial charge in [0, 0.05) is 24.0 Å². The summed E-state index contributed by atoms with van der Waals surface area (Å²) in [6, 6.07) is 9.86. The molecule has 3 nitrogen and oxygen atoms in total. The van der Waals surface area contributed by atoms with E-state index in [0.29, 0.717) is 0 Å². The van der Waals surface area contributed by atoms with Crippen LogP contribution in [0.15, 0.2) is 30.3 Å². The first-order valence-electron chi connectivity index (χ1n) is 6.91. The third kappa shape index (κ3) is 2.46. The van der Waals surface area contributed by atoms with Gasteiger partial charge in [0.05, 0.1) is 5.52 Å². The van der Waals surface area contributed by atoms with E-state index in [-0.39, 0.29) is 5.78 Å². The summed E-state index contributed by atoms with van der Waals surface area (Å²) in [6.07, 6.45) is 3.83. The van der Waals surface area contributed by atoms with Crippen molar-refractivity contribution in [3.8, 4) is 0 Å². The first-order chi connectivity index (χ1) is 9.24. The number of hydrogen-bond donors (Lipinski definition) is 0. The van der Waals surface area contributed by atoms with Gasteiger partial charge in [0.15, 0.2) is 5.78 Å². The van der Waals surface area contributed by atoms with Gasteiger partial charge in [-0.2, -0.15) is 0 Å². The van der Waals surface area contributed by atoms with Gasteiger partial charge >= 0.3 is 0 Å². The van der Waals surface area contributed by atoms with Crippen molar-refractivity contribution in [1.29, 1.82) is 0 Å². The van der Waals surface area contributed by atoms with Gasteiger partial charge in [-0.05, 0) is 56.5 Å².